The van der Waals surface area contributed by atoms with Crippen molar-refractivity contribution in [2.75, 3.05) is 0 Å². The lowest BCUT2D eigenvalue weighted by Crippen LogP contribution is -2.23. The van der Waals surface area contributed by atoms with Crippen molar-refractivity contribution in [3.05, 3.63) is 62.8 Å². The predicted octanol–water partition coefficient (Wildman–Crippen LogP) is 4.19. The Bertz CT molecular complexity index is 890. The molecule has 2 heterocycles. The van der Waals surface area contributed by atoms with Crippen molar-refractivity contribution in [3.63, 3.8) is 0 Å². The number of benzene rings is 1. The van der Waals surface area contributed by atoms with Crippen LogP contribution in [0.1, 0.15) is 15.9 Å². The first kappa shape index (κ1) is 15.9. The second kappa shape index (κ2) is 6.25. The summed E-state index contributed by atoms with van der Waals surface area (Å²) in [5, 5.41) is 3.31. The molecule has 118 valence electrons. The largest absolute Gasteiger partial charge is 0.348 e. The predicted molar refractivity (Wildman–Crippen MR) is 86.3 cm³/mol. The average molecular weight is 401 g/mol. The van der Waals surface area contributed by atoms with Gasteiger partial charge in [0, 0.05) is 29.0 Å². The number of carbonyl (C=O) groups is 1. The zero-order valence-electron chi connectivity index (χ0n) is 11.5. The summed E-state index contributed by atoms with van der Waals surface area (Å²) in [6.07, 6.45) is 2.96. The Balaban J connectivity index is 1.85. The van der Waals surface area contributed by atoms with E-state index in [4.69, 9.17) is 11.6 Å². The van der Waals surface area contributed by atoms with E-state index in [1.807, 2.05) is 0 Å². The number of halogens is 4. The lowest BCUT2D eigenvalue weighted by atomic mass is 10.1. The second-order valence-electron chi connectivity index (χ2n) is 4.75. The first-order chi connectivity index (χ1) is 11.0. The molecule has 3 aromatic rings. The van der Waals surface area contributed by atoms with Crippen molar-refractivity contribution in [1.82, 2.24) is 15.3 Å². The van der Waals surface area contributed by atoms with E-state index >= 15 is 0 Å². The number of hydrogen-bond donors (Lipinski definition) is 2. The number of nitrogens with zero attached hydrogens (tertiary/aromatic N) is 1. The molecule has 3 rings (SSSR count). The number of H-pyrrole nitrogens is 1. The molecule has 2 N–H and O–H groups in total. The molecule has 0 unspecified atom stereocenters. The van der Waals surface area contributed by atoms with E-state index in [0.717, 1.165) is 12.1 Å². The van der Waals surface area contributed by atoms with Crippen molar-refractivity contribution in [1.29, 1.82) is 0 Å². The van der Waals surface area contributed by atoms with Crippen LogP contribution in [-0.4, -0.2) is 15.9 Å². The van der Waals surface area contributed by atoms with E-state index in [0.29, 0.717) is 16.1 Å². The molecule has 4 nitrogen and oxygen atoms in total. The Kier molecular flexibility index (Phi) is 4.32. The number of pyridine rings is 1. The molecule has 0 radical (unpaired) electrons. The average Bonchev–Trinajstić information content (AvgIpc) is 2.91. The Morgan fingerprint density at radius 2 is 2.04 bits per heavy atom. The number of nitrogens with one attached hydrogen (secondary N) is 2. The van der Waals surface area contributed by atoms with Gasteiger partial charge in [-0.2, -0.15) is 0 Å². The molecule has 0 spiro atoms. The van der Waals surface area contributed by atoms with Crippen molar-refractivity contribution < 1.29 is 13.6 Å². The van der Waals surface area contributed by atoms with Crippen LogP contribution in [-0.2, 0) is 6.54 Å². The Hall–Kier alpha value is -1.99. The number of rotatable bonds is 3. The van der Waals surface area contributed by atoms with Crippen molar-refractivity contribution >= 4 is 44.5 Å². The highest BCUT2D eigenvalue weighted by atomic mass is 79.9. The zero-order valence-corrected chi connectivity index (χ0v) is 13.8. The van der Waals surface area contributed by atoms with Gasteiger partial charge in [0.15, 0.2) is 0 Å². The van der Waals surface area contributed by atoms with Gasteiger partial charge in [-0.15, -0.1) is 0 Å². The van der Waals surface area contributed by atoms with Crippen molar-refractivity contribution in [3.8, 4) is 0 Å². The minimum Gasteiger partial charge on any atom is -0.348 e. The van der Waals surface area contributed by atoms with Gasteiger partial charge in [-0.3, -0.25) is 4.79 Å². The molecule has 0 bridgehead atoms. The standard InChI is InChI=1S/C15H9BrClF2N3O/c16-7-3-11(18)8(12(19)4-7)5-22-15(23)9-6-21-14-13(9)10(17)1-2-20-14/h1-4,6H,5H2,(H,20,21)(H,22,23). The number of aromatic nitrogens is 2. The van der Waals surface area contributed by atoms with Crippen LogP contribution in [0.15, 0.2) is 35.1 Å². The third kappa shape index (κ3) is 3.07. The number of amides is 1. The highest BCUT2D eigenvalue weighted by molar-refractivity contribution is 9.10. The molecule has 0 saturated carbocycles. The monoisotopic (exact) mass is 399 g/mol. The van der Waals surface area contributed by atoms with Crippen molar-refractivity contribution in [2.45, 2.75) is 6.54 Å². The quantitative estimate of drug-likeness (QED) is 0.693. The molecule has 0 aliphatic rings. The van der Waals surface area contributed by atoms with Crippen molar-refractivity contribution in [2.24, 2.45) is 0 Å². The van der Waals surface area contributed by atoms with Gasteiger partial charge in [-0.05, 0) is 18.2 Å². The topological polar surface area (TPSA) is 57.8 Å². The fourth-order valence-corrected chi connectivity index (χ4v) is 2.85. The molecule has 1 amide bonds. The number of hydrogen-bond acceptors (Lipinski definition) is 2. The summed E-state index contributed by atoms with van der Waals surface area (Å²) >= 11 is 9.07. The van der Waals surface area contributed by atoms with E-state index in [2.05, 4.69) is 31.2 Å². The van der Waals surface area contributed by atoms with Gasteiger partial charge in [0.1, 0.15) is 17.3 Å². The Morgan fingerprint density at radius 3 is 2.74 bits per heavy atom. The number of carbonyl (C=O) groups excluding carboxylic acids is 1. The van der Waals surface area contributed by atoms with Crippen LogP contribution < -0.4 is 5.32 Å². The van der Waals surface area contributed by atoms with Gasteiger partial charge in [0.25, 0.3) is 5.91 Å². The Morgan fingerprint density at radius 1 is 1.35 bits per heavy atom. The van der Waals surface area contributed by atoms with Gasteiger partial charge < -0.3 is 10.3 Å². The van der Waals surface area contributed by atoms with Gasteiger partial charge in [0.05, 0.1) is 16.0 Å². The van der Waals surface area contributed by atoms with Crippen LogP contribution in [0, 0.1) is 11.6 Å². The van der Waals surface area contributed by atoms with Crippen LogP contribution in [0.2, 0.25) is 5.02 Å². The highest BCUT2D eigenvalue weighted by Gasteiger charge is 2.17. The number of aromatic amines is 1. The molecule has 0 atom stereocenters. The van der Waals surface area contributed by atoms with Crippen LogP contribution in [0.5, 0.6) is 0 Å². The third-order valence-corrected chi connectivity index (χ3v) is 4.07. The molecule has 0 aliphatic heterocycles. The summed E-state index contributed by atoms with van der Waals surface area (Å²) in [5.41, 5.74) is 0.505. The minimum absolute atomic E-state index is 0.217. The summed E-state index contributed by atoms with van der Waals surface area (Å²) in [4.78, 5) is 19.1. The van der Waals surface area contributed by atoms with Crippen LogP contribution in [0.4, 0.5) is 8.78 Å². The Labute approximate surface area is 143 Å². The lowest BCUT2D eigenvalue weighted by molar-refractivity contribution is 0.0952. The maximum absolute atomic E-state index is 13.8. The molecule has 2 aromatic heterocycles. The SMILES string of the molecule is O=C(NCc1c(F)cc(Br)cc1F)c1c[nH]c2nccc(Cl)c12. The van der Waals surface area contributed by atoms with Gasteiger partial charge >= 0.3 is 0 Å². The fraction of sp³-hybridized carbons (Fsp3) is 0.0667. The number of fused-ring (bicyclic) bond motifs is 1. The minimum atomic E-state index is -0.740. The summed E-state index contributed by atoms with van der Waals surface area (Å²) in [5.74, 6) is -1.99. The summed E-state index contributed by atoms with van der Waals surface area (Å²) in [7, 11) is 0. The first-order valence-corrected chi connectivity index (χ1v) is 7.67. The summed E-state index contributed by atoms with van der Waals surface area (Å²) in [6.45, 7) is -0.283. The maximum atomic E-state index is 13.8. The molecular weight excluding hydrogens is 392 g/mol. The van der Waals surface area contributed by atoms with E-state index in [-0.39, 0.29) is 22.1 Å². The molecule has 1 aromatic carbocycles. The molecule has 23 heavy (non-hydrogen) atoms. The molecule has 0 fully saturated rings. The van der Waals surface area contributed by atoms with Crippen LogP contribution in [0.25, 0.3) is 11.0 Å². The van der Waals surface area contributed by atoms with Crippen LogP contribution >= 0.6 is 27.5 Å². The van der Waals surface area contributed by atoms with Crippen LogP contribution in [0.3, 0.4) is 0 Å². The third-order valence-electron chi connectivity index (χ3n) is 3.30. The summed E-state index contributed by atoms with van der Waals surface area (Å²) in [6, 6.07) is 3.83. The van der Waals surface area contributed by atoms with E-state index in [1.54, 1.807) is 6.07 Å². The zero-order chi connectivity index (χ0) is 16.6. The fourth-order valence-electron chi connectivity index (χ4n) is 2.20. The maximum Gasteiger partial charge on any atom is 0.253 e. The smallest absolute Gasteiger partial charge is 0.253 e. The van der Waals surface area contributed by atoms with E-state index in [9.17, 15) is 13.6 Å². The highest BCUT2D eigenvalue weighted by Crippen LogP contribution is 2.25. The summed E-state index contributed by atoms with van der Waals surface area (Å²) < 4.78 is 27.8. The van der Waals surface area contributed by atoms with E-state index in [1.165, 1.54) is 12.4 Å². The second-order valence-corrected chi connectivity index (χ2v) is 6.07. The normalized spacial score (nSPS) is 11.0. The molecule has 0 saturated heterocycles. The molecule has 8 heteroatoms. The molecular formula is C15H9BrClF2N3O. The molecule has 0 aliphatic carbocycles. The first-order valence-electron chi connectivity index (χ1n) is 6.50. The van der Waals surface area contributed by atoms with Gasteiger partial charge in [-0.1, -0.05) is 27.5 Å². The van der Waals surface area contributed by atoms with Gasteiger partial charge in [0.2, 0.25) is 0 Å². The lowest BCUT2D eigenvalue weighted by Gasteiger charge is -2.08. The van der Waals surface area contributed by atoms with Gasteiger partial charge in [-0.25, -0.2) is 13.8 Å². The van der Waals surface area contributed by atoms with E-state index < -0.39 is 17.5 Å².